The fourth-order valence-corrected chi connectivity index (χ4v) is 3.61. The van der Waals surface area contributed by atoms with E-state index in [1.54, 1.807) is 0 Å². The molecule has 1 aliphatic heterocycles. The van der Waals surface area contributed by atoms with Crippen LogP contribution in [0.2, 0.25) is 0 Å². The van der Waals surface area contributed by atoms with Crippen molar-refractivity contribution in [3.05, 3.63) is 59.7 Å². The SMILES string of the molecule is Cc1cc2ccccc2nc1SCC(=O)NCc1ccc2c(c1)OCO2. The van der Waals surface area contributed by atoms with Gasteiger partial charge in [0.05, 0.1) is 11.3 Å². The van der Waals surface area contributed by atoms with Crippen LogP contribution < -0.4 is 14.8 Å². The van der Waals surface area contributed by atoms with Gasteiger partial charge in [-0.15, -0.1) is 0 Å². The van der Waals surface area contributed by atoms with Crippen LogP contribution in [-0.4, -0.2) is 23.4 Å². The molecular weight excluding hydrogens is 348 g/mol. The highest BCUT2D eigenvalue weighted by atomic mass is 32.2. The number of nitrogens with zero attached hydrogens (tertiary/aromatic N) is 1. The number of rotatable bonds is 5. The van der Waals surface area contributed by atoms with E-state index in [0.29, 0.717) is 12.3 Å². The van der Waals surface area contributed by atoms with Crippen molar-refractivity contribution in [3.63, 3.8) is 0 Å². The van der Waals surface area contributed by atoms with Gasteiger partial charge in [0.15, 0.2) is 11.5 Å². The van der Waals surface area contributed by atoms with Crippen molar-refractivity contribution < 1.29 is 14.3 Å². The van der Waals surface area contributed by atoms with Gasteiger partial charge >= 0.3 is 0 Å². The smallest absolute Gasteiger partial charge is 0.231 e. The number of para-hydroxylation sites is 1. The Morgan fingerprint density at radius 3 is 2.92 bits per heavy atom. The Bertz CT molecular complexity index is 974. The molecule has 0 bridgehead atoms. The Hall–Kier alpha value is -2.73. The van der Waals surface area contributed by atoms with Crippen LogP contribution in [0.3, 0.4) is 0 Å². The van der Waals surface area contributed by atoms with E-state index >= 15 is 0 Å². The molecule has 0 saturated heterocycles. The number of thioether (sulfide) groups is 1. The molecule has 1 N–H and O–H groups in total. The van der Waals surface area contributed by atoms with Crippen LogP contribution in [0.5, 0.6) is 11.5 Å². The lowest BCUT2D eigenvalue weighted by Crippen LogP contribution is -2.24. The minimum absolute atomic E-state index is 0.0259. The molecule has 5 nitrogen and oxygen atoms in total. The van der Waals surface area contributed by atoms with Crippen molar-refractivity contribution in [2.75, 3.05) is 12.5 Å². The maximum atomic E-state index is 12.2. The molecule has 0 unspecified atom stereocenters. The van der Waals surface area contributed by atoms with Gasteiger partial charge in [0, 0.05) is 11.9 Å². The lowest BCUT2D eigenvalue weighted by atomic mass is 10.2. The third-order valence-corrected chi connectivity index (χ3v) is 5.23. The zero-order valence-electron chi connectivity index (χ0n) is 14.3. The lowest BCUT2D eigenvalue weighted by molar-refractivity contribution is -0.118. The largest absolute Gasteiger partial charge is 0.454 e. The molecule has 0 radical (unpaired) electrons. The number of hydrogen-bond acceptors (Lipinski definition) is 5. The summed E-state index contributed by atoms with van der Waals surface area (Å²) in [4.78, 5) is 16.8. The van der Waals surface area contributed by atoms with Crippen LogP contribution in [0.4, 0.5) is 0 Å². The third-order valence-electron chi connectivity index (χ3n) is 4.13. The molecule has 26 heavy (non-hydrogen) atoms. The molecule has 0 aliphatic carbocycles. The van der Waals surface area contributed by atoms with Gasteiger partial charge in [0.1, 0.15) is 5.03 Å². The number of pyridine rings is 1. The van der Waals surface area contributed by atoms with E-state index in [1.165, 1.54) is 11.8 Å². The zero-order valence-corrected chi connectivity index (χ0v) is 15.1. The minimum atomic E-state index is -0.0259. The summed E-state index contributed by atoms with van der Waals surface area (Å²) in [5.41, 5.74) is 3.01. The molecule has 0 spiro atoms. The third kappa shape index (κ3) is 3.60. The molecule has 0 atom stereocenters. The van der Waals surface area contributed by atoms with E-state index in [9.17, 15) is 4.79 Å². The number of nitrogens with one attached hydrogen (secondary N) is 1. The van der Waals surface area contributed by atoms with Gasteiger partial charge in [-0.2, -0.15) is 0 Å². The molecule has 1 aliphatic rings. The van der Waals surface area contributed by atoms with Gasteiger partial charge < -0.3 is 14.8 Å². The van der Waals surface area contributed by atoms with Gasteiger partial charge in [0.2, 0.25) is 12.7 Å². The first-order valence-corrected chi connectivity index (χ1v) is 9.32. The number of ether oxygens (including phenoxy) is 2. The van der Waals surface area contributed by atoms with Crippen molar-refractivity contribution in [1.29, 1.82) is 0 Å². The fourth-order valence-electron chi connectivity index (χ4n) is 2.79. The maximum absolute atomic E-state index is 12.2. The predicted molar refractivity (Wildman–Crippen MR) is 102 cm³/mol. The van der Waals surface area contributed by atoms with Crippen LogP contribution in [0, 0.1) is 6.92 Å². The number of aryl methyl sites for hydroxylation is 1. The molecule has 0 saturated carbocycles. The van der Waals surface area contributed by atoms with Crippen molar-refractivity contribution >= 4 is 28.6 Å². The second-order valence-electron chi connectivity index (χ2n) is 6.06. The quantitative estimate of drug-likeness (QED) is 0.698. The molecule has 1 amide bonds. The molecule has 0 fully saturated rings. The first-order chi connectivity index (χ1) is 12.7. The molecule has 1 aromatic heterocycles. The summed E-state index contributed by atoms with van der Waals surface area (Å²) in [5, 5.41) is 4.94. The van der Waals surface area contributed by atoms with E-state index in [2.05, 4.69) is 16.4 Å². The van der Waals surface area contributed by atoms with Crippen molar-refractivity contribution in [3.8, 4) is 11.5 Å². The second kappa shape index (κ2) is 7.25. The standard InChI is InChI=1S/C20H18N2O3S/c1-13-8-15-4-2-3-5-16(15)22-20(13)26-11-19(23)21-10-14-6-7-17-18(9-14)25-12-24-17/h2-9H,10-12H2,1H3,(H,21,23). The minimum Gasteiger partial charge on any atom is -0.454 e. The average Bonchev–Trinajstić information content (AvgIpc) is 3.12. The van der Waals surface area contributed by atoms with Gasteiger partial charge in [-0.1, -0.05) is 36.0 Å². The highest BCUT2D eigenvalue weighted by molar-refractivity contribution is 7.99. The summed E-state index contributed by atoms with van der Waals surface area (Å²) in [5.74, 6) is 1.77. The van der Waals surface area contributed by atoms with E-state index in [0.717, 1.165) is 38.6 Å². The first kappa shape index (κ1) is 16.7. The number of fused-ring (bicyclic) bond motifs is 2. The normalized spacial score (nSPS) is 12.3. The Labute approximate surface area is 155 Å². The molecule has 2 aromatic carbocycles. The molecule has 3 aromatic rings. The molecule has 6 heteroatoms. The molecular formula is C20H18N2O3S. The Balaban J connectivity index is 1.34. The van der Waals surface area contributed by atoms with Gasteiger partial charge in [-0.05, 0) is 42.3 Å². The summed E-state index contributed by atoms with van der Waals surface area (Å²) < 4.78 is 10.6. The summed E-state index contributed by atoms with van der Waals surface area (Å²) in [6.45, 7) is 2.73. The van der Waals surface area contributed by atoms with Crippen molar-refractivity contribution in [2.24, 2.45) is 0 Å². The Kier molecular flexibility index (Phi) is 4.67. The maximum Gasteiger partial charge on any atom is 0.231 e. The van der Waals surface area contributed by atoms with E-state index in [1.807, 2.05) is 49.4 Å². The fraction of sp³-hybridized carbons (Fsp3) is 0.200. The Morgan fingerprint density at radius 2 is 2.00 bits per heavy atom. The zero-order chi connectivity index (χ0) is 17.9. The monoisotopic (exact) mass is 366 g/mol. The van der Waals surface area contributed by atoms with E-state index in [4.69, 9.17) is 9.47 Å². The number of aromatic nitrogens is 1. The van der Waals surface area contributed by atoms with Gasteiger partial charge in [-0.25, -0.2) is 4.98 Å². The van der Waals surface area contributed by atoms with E-state index < -0.39 is 0 Å². The second-order valence-corrected chi connectivity index (χ2v) is 7.02. The number of amides is 1. The van der Waals surface area contributed by atoms with Crippen LogP contribution >= 0.6 is 11.8 Å². The van der Waals surface area contributed by atoms with Gasteiger partial charge in [0.25, 0.3) is 0 Å². The number of carbonyl (C=O) groups excluding carboxylic acids is 1. The summed E-state index contributed by atoms with van der Waals surface area (Å²) in [6, 6.07) is 15.8. The predicted octanol–water partition coefficient (Wildman–Crippen LogP) is 3.68. The summed E-state index contributed by atoms with van der Waals surface area (Å²) >= 11 is 1.46. The van der Waals surface area contributed by atoms with Gasteiger partial charge in [-0.3, -0.25) is 4.79 Å². The summed E-state index contributed by atoms with van der Waals surface area (Å²) in [7, 11) is 0. The van der Waals surface area contributed by atoms with Crippen LogP contribution in [-0.2, 0) is 11.3 Å². The van der Waals surface area contributed by atoms with Crippen LogP contribution in [0.25, 0.3) is 10.9 Å². The lowest BCUT2D eigenvalue weighted by Gasteiger charge is -2.08. The number of carbonyl (C=O) groups is 1. The topological polar surface area (TPSA) is 60.5 Å². The van der Waals surface area contributed by atoms with Crippen LogP contribution in [0.15, 0.2) is 53.6 Å². The van der Waals surface area contributed by atoms with Crippen molar-refractivity contribution in [1.82, 2.24) is 10.3 Å². The highest BCUT2D eigenvalue weighted by Crippen LogP contribution is 2.32. The number of benzene rings is 2. The van der Waals surface area contributed by atoms with Crippen LogP contribution in [0.1, 0.15) is 11.1 Å². The Morgan fingerprint density at radius 1 is 1.15 bits per heavy atom. The molecule has 4 rings (SSSR count). The first-order valence-electron chi connectivity index (χ1n) is 8.33. The van der Waals surface area contributed by atoms with Crippen molar-refractivity contribution in [2.45, 2.75) is 18.5 Å². The van der Waals surface area contributed by atoms with E-state index in [-0.39, 0.29) is 12.7 Å². The summed E-state index contributed by atoms with van der Waals surface area (Å²) in [6.07, 6.45) is 0. The average molecular weight is 366 g/mol. The number of hydrogen-bond donors (Lipinski definition) is 1. The molecule has 2 heterocycles. The molecule has 132 valence electrons. The highest BCUT2D eigenvalue weighted by Gasteiger charge is 2.13.